The Morgan fingerprint density at radius 1 is 1.17 bits per heavy atom. The van der Waals surface area contributed by atoms with Gasteiger partial charge in [-0.05, 0) is 43.7 Å². The molecule has 0 fully saturated rings. The second kappa shape index (κ2) is 8.81. The van der Waals surface area contributed by atoms with Gasteiger partial charge in [0.1, 0.15) is 0 Å². The van der Waals surface area contributed by atoms with E-state index in [1.807, 2.05) is 25.1 Å². The van der Waals surface area contributed by atoms with E-state index in [1.165, 1.54) is 41.6 Å². The van der Waals surface area contributed by atoms with Gasteiger partial charge in [0.25, 0.3) is 0 Å². The molecule has 0 aliphatic carbocycles. The number of nitrogens with one attached hydrogen (secondary N) is 2. The number of imidazole rings is 1. The van der Waals surface area contributed by atoms with Gasteiger partial charge in [-0.25, -0.2) is 18.5 Å². The van der Waals surface area contributed by atoms with Crippen LogP contribution in [0.1, 0.15) is 23.9 Å². The number of thioether (sulfide) groups is 1. The minimum Gasteiger partial charge on any atom is -0.337 e. The van der Waals surface area contributed by atoms with E-state index in [2.05, 4.69) is 27.4 Å². The van der Waals surface area contributed by atoms with Crippen molar-refractivity contribution in [2.75, 3.05) is 5.32 Å². The van der Waals surface area contributed by atoms with Gasteiger partial charge in [-0.2, -0.15) is 0 Å². The summed E-state index contributed by atoms with van der Waals surface area (Å²) in [5, 5.41) is 8.12. The summed E-state index contributed by atoms with van der Waals surface area (Å²) in [7, 11) is -3.76. The fraction of sp³-hybridized carbons (Fsp3) is 0.200. The number of rotatable bonds is 7. The van der Waals surface area contributed by atoms with Crippen molar-refractivity contribution in [2.24, 2.45) is 5.14 Å². The van der Waals surface area contributed by atoms with Crippen molar-refractivity contribution >= 4 is 33.4 Å². The number of H-pyrrole nitrogens is 1. The van der Waals surface area contributed by atoms with Crippen LogP contribution in [0.15, 0.2) is 64.6 Å². The molecule has 1 amide bonds. The maximum absolute atomic E-state index is 12.5. The van der Waals surface area contributed by atoms with Gasteiger partial charge >= 0.3 is 0 Å². The number of primary sulfonamides is 1. The molecule has 1 heterocycles. The van der Waals surface area contributed by atoms with Crippen LogP contribution in [0.2, 0.25) is 0 Å². The maximum Gasteiger partial charge on any atom is 0.238 e. The number of carbonyl (C=O) groups is 1. The zero-order valence-electron chi connectivity index (χ0n) is 16.0. The summed E-state index contributed by atoms with van der Waals surface area (Å²) in [6, 6.07) is 15.8. The average molecular weight is 431 g/mol. The molecule has 29 heavy (non-hydrogen) atoms. The highest BCUT2D eigenvalue weighted by atomic mass is 32.2. The summed E-state index contributed by atoms with van der Waals surface area (Å²) in [5.74, 6) is -0.211. The monoisotopic (exact) mass is 430 g/mol. The van der Waals surface area contributed by atoms with E-state index in [0.717, 1.165) is 17.8 Å². The van der Waals surface area contributed by atoms with E-state index < -0.39 is 15.3 Å². The van der Waals surface area contributed by atoms with Crippen LogP contribution in [0.5, 0.6) is 0 Å². The van der Waals surface area contributed by atoms with E-state index in [0.29, 0.717) is 10.8 Å². The smallest absolute Gasteiger partial charge is 0.238 e. The van der Waals surface area contributed by atoms with Crippen LogP contribution in [0.3, 0.4) is 0 Å². The Balaban J connectivity index is 1.62. The van der Waals surface area contributed by atoms with Crippen LogP contribution in [-0.4, -0.2) is 29.5 Å². The van der Waals surface area contributed by atoms with Crippen molar-refractivity contribution in [3.63, 3.8) is 0 Å². The van der Waals surface area contributed by atoms with Crippen LogP contribution < -0.4 is 10.5 Å². The minimum absolute atomic E-state index is 0.00470. The molecule has 3 aromatic rings. The Hall–Kier alpha value is -2.62. The van der Waals surface area contributed by atoms with E-state index in [1.54, 1.807) is 6.92 Å². The van der Waals surface area contributed by atoms with Gasteiger partial charge in [-0.1, -0.05) is 42.1 Å². The van der Waals surface area contributed by atoms with E-state index in [-0.39, 0.29) is 10.8 Å². The van der Waals surface area contributed by atoms with E-state index in [9.17, 15) is 13.2 Å². The average Bonchev–Trinajstić information content (AvgIpc) is 3.01. The molecule has 0 unspecified atom stereocenters. The number of anilines is 1. The molecule has 7 nitrogen and oxygen atoms in total. The van der Waals surface area contributed by atoms with Gasteiger partial charge < -0.3 is 10.3 Å². The van der Waals surface area contributed by atoms with E-state index in [4.69, 9.17) is 5.14 Å². The number of nitrogens with zero attached hydrogens (tertiary/aromatic N) is 1. The number of aromatic amines is 1. The van der Waals surface area contributed by atoms with Crippen molar-refractivity contribution in [2.45, 2.75) is 35.6 Å². The number of hydrogen-bond acceptors (Lipinski definition) is 5. The number of aryl methyl sites for hydroxylation is 1. The van der Waals surface area contributed by atoms with Crippen molar-refractivity contribution in [1.29, 1.82) is 0 Å². The topological polar surface area (TPSA) is 118 Å². The molecule has 0 saturated carbocycles. The molecule has 3 rings (SSSR count). The van der Waals surface area contributed by atoms with Gasteiger partial charge in [-0.15, -0.1) is 0 Å². The number of aromatic nitrogens is 2. The largest absolute Gasteiger partial charge is 0.337 e. The highest BCUT2D eigenvalue weighted by molar-refractivity contribution is 8.00. The third-order valence-corrected chi connectivity index (χ3v) is 6.20. The molecule has 1 aromatic heterocycles. The number of sulfonamides is 1. The SMILES string of the molecule is Cc1[nH]c(S[C@H](C)C(=O)Nc2ccc(S(N)(=O)=O)cc2)nc1Cc1ccccc1. The van der Waals surface area contributed by atoms with Crippen LogP contribution in [-0.2, 0) is 21.2 Å². The van der Waals surface area contributed by atoms with Gasteiger partial charge in [0.2, 0.25) is 15.9 Å². The molecule has 1 atom stereocenters. The van der Waals surface area contributed by atoms with Crippen LogP contribution in [0.25, 0.3) is 0 Å². The van der Waals surface area contributed by atoms with Crippen LogP contribution in [0.4, 0.5) is 5.69 Å². The lowest BCUT2D eigenvalue weighted by Gasteiger charge is -2.11. The summed E-state index contributed by atoms with van der Waals surface area (Å²) in [6.45, 7) is 3.75. The Kier molecular flexibility index (Phi) is 6.41. The summed E-state index contributed by atoms with van der Waals surface area (Å²) in [4.78, 5) is 20.3. The summed E-state index contributed by atoms with van der Waals surface area (Å²) in [6.07, 6.45) is 0.723. The van der Waals surface area contributed by atoms with Crippen molar-refractivity contribution in [3.8, 4) is 0 Å². The first kappa shape index (κ1) is 21.1. The molecular weight excluding hydrogens is 408 g/mol. The standard InChI is InChI=1S/C20H22N4O3S2/c1-13-18(12-15-6-4-3-5-7-15)24-20(22-13)28-14(2)19(25)23-16-8-10-17(11-9-16)29(21,26)27/h3-11,14H,12H2,1-2H3,(H,22,24)(H,23,25)(H2,21,26,27)/t14-/m1/s1. The summed E-state index contributed by atoms with van der Waals surface area (Å²) in [5.41, 5.74) is 3.59. The van der Waals surface area contributed by atoms with Gasteiger partial charge in [0.05, 0.1) is 15.8 Å². The first-order chi connectivity index (χ1) is 13.7. The molecular formula is C20H22N4O3S2. The number of carbonyl (C=O) groups excluding carboxylic acids is 1. The molecule has 9 heteroatoms. The summed E-state index contributed by atoms with van der Waals surface area (Å²) < 4.78 is 22.6. The highest BCUT2D eigenvalue weighted by Gasteiger charge is 2.18. The zero-order valence-corrected chi connectivity index (χ0v) is 17.7. The number of hydrogen-bond donors (Lipinski definition) is 3. The number of nitrogens with two attached hydrogens (primary N) is 1. The molecule has 4 N–H and O–H groups in total. The van der Waals surface area contributed by atoms with Crippen molar-refractivity contribution in [1.82, 2.24) is 9.97 Å². The lowest BCUT2D eigenvalue weighted by Crippen LogP contribution is -2.22. The van der Waals surface area contributed by atoms with E-state index >= 15 is 0 Å². The molecule has 0 saturated heterocycles. The molecule has 0 aliphatic rings. The normalized spacial score (nSPS) is 12.5. The van der Waals surface area contributed by atoms with Gasteiger partial charge in [0.15, 0.2) is 5.16 Å². The molecule has 0 spiro atoms. The molecule has 0 bridgehead atoms. The molecule has 0 radical (unpaired) electrons. The third-order valence-electron chi connectivity index (χ3n) is 4.29. The fourth-order valence-corrected chi connectivity index (χ4v) is 4.07. The lowest BCUT2D eigenvalue weighted by atomic mass is 10.1. The van der Waals surface area contributed by atoms with Crippen molar-refractivity contribution in [3.05, 3.63) is 71.5 Å². The molecule has 2 aromatic carbocycles. The van der Waals surface area contributed by atoms with Crippen molar-refractivity contribution < 1.29 is 13.2 Å². The minimum atomic E-state index is -3.76. The quantitative estimate of drug-likeness (QED) is 0.498. The first-order valence-corrected chi connectivity index (χ1v) is 11.3. The predicted molar refractivity (Wildman–Crippen MR) is 114 cm³/mol. The Bertz CT molecular complexity index is 1090. The second-order valence-corrected chi connectivity index (χ2v) is 9.49. The fourth-order valence-electron chi connectivity index (χ4n) is 2.68. The third kappa shape index (κ3) is 5.69. The number of benzene rings is 2. The number of amides is 1. The van der Waals surface area contributed by atoms with Crippen LogP contribution >= 0.6 is 11.8 Å². The van der Waals surface area contributed by atoms with Crippen LogP contribution in [0, 0.1) is 6.92 Å². The zero-order chi connectivity index (χ0) is 21.0. The highest BCUT2D eigenvalue weighted by Crippen LogP contribution is 2.24. The maximum atomic E-state index is 12.5. The Morgan fingerprint density at radius 2 is 1.83 bits per heavy atom. The molecule has 152 valence electrons. The first-order valence-electron chi connectivity index (χ1n) is 8.92. The molecule has 0 aliphatic heterocycles. The second-order valence-electron chi connectivity index (χ2n) is 6.59. The van der Waals surface area contributed by atoms with Gasteiger partial charge in [-0.3, -0.25) is 4.79 Å². The Labute approximate surface area is 174 Å². The predicted octanol–water partition coefficient (Wildman–Crippen LogP) is 3.08. The summed E-state index contributed by atoms with van der Waals surface area (Å²) >= 11 is 1.33. The Morgan fingerprint density at radius 3 is 2.45 bits per heavy atom. The van der Waals surface area contributed by atoms with Gasteiger partial charge in [0, 0.05) is 17.8 Å². The lowest BCUT2D eigenvalue weighted by molar-refractivity contribution is -0.115.